The quantitative estimate of drug-likeness (QED) is 0.634. The number of fused-ring (bicyclic) bond motifs is 1. The van der Waals surface area contributed by atoms with Gasteiger partial charge in [-0.1, -0.05) is 42.0 Å². The molecule has 2 N–H and O–H groups in total. The van der Waals surface area contributed by atoms with E-state index >= 15 is 0 Å². The van der Waals surface area contributed by atoms with Gasteiger partial charge < -0.3 is 15.2 Å². The van der Waals surface area contributed by atoms with Crippen LogP contribution in [-0.4, -0.2) is 37.8 Å². The molecule has 3 heterocycles. The fourth-order valence-corrected chi connectivity index (χ4v) is 4.15. The topological polar surface area (TPSA) is 91.1 Å². The zero-order chi connectivity index (χ0) is 22.1. The number of aromatic nitrogens is 4. The first-order valence-corrected chi connectivity index (χ1v) is 10.7. The number of rotatable bonds is 5. The van der Waals surface area contributed by atoms with E-state index in [9.17, 15) is 9.59 Å². The summed E-state index contributed by atoms with van der Waals surface area (Å²) in [6, 6.07) is 9.62. The SMILES string of the molecule is CC(C)=CCn1c(N2CCCC(N)C2)nc2c1c(=O)n(Cc1ccccc1)c(=O)n2C. The highest BCUT2D eigenvalue weighted by atomic mass is 16.2. The highest BCUT2D eigenvalue weighted by molar-refractivity contribution is 5.74. The molecule has 8 nitrogen and oxygen atoms in total. The first-order valence-electron chi connectivity index (χ1n) is 10.7. The summed E-state index contributed by atoms with van der Waals surface area (Å²) in [4.78, 5) is 33.5. The summed E-state index contributed by atoms with van der Waals surface area (Å²) in [7, 11) is 1.68. The van der Waals surface area contributed by atoms with Crippen LogP contribution in [-0.2, 0) is 20.1 Å². The van der Waals surface area contributed by atoms with Crippen LogP contribution in [0.1, 0.15) is 32.3 Å². The van der Waals surface area contributed by atoms with Crippen molar-refractivity contribution in [2.45, 2.75) is 45.8 Å². The molecule has 0 saturated carbocycles. The monoisotopic (exact) mass is 422 g/mol. The average Bonchev–Trinajstić information content (AvgIpc) is 3.14. The molecule has 3 aromatic rings. The summed E-state index contributed by atoms with van der Waals surface area (Å²) < 4.78 is 4.71. The number of hydrogen-bond acceptors (Lipinski definition) is 5. The maximum Gasteiger partial charge on any atom is 0.332 e. The molecule has 164 valence electrons. The molecule has 1 aliphatic heterocycles. The van der Waals surface area contributed by atoms with Crippen molar-refractivity contribution in [2.75, 3.05) is 18.0 Å². The molecular formula is C23H30N6O2. The maximum absolute atomic E-state index is 13.6. The molecule has 1 saturated heterocycles. The summed E-state index contributed by atoms with van der Waals surface area (Å²) >= 11 is 0. The van der Waals surface area contributed by atoms with Gasteiger partial charge in [0.05, 0.1) is 6.54 Å². The zero-order valence-corrected chi connectivity index (χ0v) is 18.4. The Bertz CT molecular complexity index is 1230. The zero-order valence-electron chi connectivity index (χ0n) is 18.4. The third-order valence-corrected chi connectivity index (χ3v) is 5.82. The van der Waals surface area contributed by atoms with Crippen molar-refractivity contribution in [3.8, 4) is 0 Å². The second-order valence-electron chi connectivity index (χ2n) is 8.54. The van der Waals surface area contributed by atoms with Crippen LogP contribution in [0.5, 0.6) is 0 Å². The molecule has 1 aliphatic rings. The minimum Gasteiger partial charge on any atom is -0.341 e. The molecule has 1 unspecified atom stereocenters. The summed E-state index contributed by atoms with van der Waals surface area (Å²) in [6.07, 6.45) is 4.03. The minimum atomic E-state index is -0.366. The van der Waals surface area contributed by atoms with Crippen LogP contribution in [0.15, 0.2) is 51.6 Å². The van der Waals surface area contributed by atoms with Crippen LogP contribution >= 0.6 is 0 Å². The first-order chi connectivity index (χ1) is 14.9. The Morgan fingerprint density at radius 3 is 2.61 bits per heavy atom. The molecule has 1 aromatic carbocycles. The Kier molecular flexibility index (Phi) is 5.82. The lowest BCUT2D eigenvalue weighted by Crippen LogP contribution is -2.44. The predicted octanol–water partition coefficient (Wildman–Crippen LogP) is 1.84. The smallest absolute Gasteiger partial charge is 0.332 e. The van der Waals surface area contributed by atoms with E-state index in [-0.39, 0.29) is 23.8 Å². The number of benzene rings is 1. The average molecular weight is 423 g/mol. The van der Waals surface area contributed by atoms with Gasteiger partial charge in [0, 0.05) is 32.7 Å². The van der Waals surface area contributed by atoms with Crippen molar-refractivity contribution in [1.82, 2.24) is 18.7 Å². The Labute approximate surface area is 181 Å². The highest BCUT2D eigenvalue weighted by Crippen LogP contribution is 2.23. The van der Waals surface area contributed by atoms with E-state index in [1.54, 1.807) is 7.05 Å². The molecule has 0 bridgehead atoms. The molecule has 1 atom stereocenters. The van der Waals surface area contributed by atoms with Crippen molar-refractivity contribution in [3.63, 3.8) is 0 Å². The lowest BCUT2D eigenvalue weighted by atomic mass is 10.1. The van der Waals surface area contributed by atoms with Crippen LogP contribution < -0.4 is 21.9 Å². The second kappa shape index (κ2) is 8.55. The highest BCUT2D eigenvalue weighted by Gasteiger charge is 2.26. The fourth-order valence-electron chi connectivity index (χ4n) is 4.15. The number of hydrogen-bond donors (Lipinski definition) is 1. The molecule has 2 aromatic heterocycles. The van der Waals surface area contributed by atoms with Gasteiger partial charge in [-0.25, -0.2) is 4.79 Å². The van der Waals surface area contributed by atoms with Crippen LogP contribution in [0.2, 0.25) is 0 Å². The van der Waals surface area contributed by atoms with Gasteiger partial charge in [0.2, 0.25) is 5.95 Å². The number of piperidine rings is 1. The van der Waals surface area contributed by atoms with Crippen molar-refractivity contribution >= 4 is 17.1 Å². The van der Waals surface area contributed by atoms with E-state index in [1.807, 2.05) is 48.7 Å². The number of nitrogens with zero attached hydrogens (tertiary/aromatic N) is 5. The van der Waals surface area contributed by atoms with E-state index in [1.165, 1.54) is 9.13 Å². The third-order valence-electron chi connectivity index (χ3n) is 5.82. The Morgan fingerprint density at radius 1 is 1.19 bits per heavy atom. The van der Waals surface area contributed by atoms with Gasteiger partial charge in [-0.3, -0.25) is 13.9 Å². The molecule has 0 aliphatic carbocycles. The second-order valence-corrected chi connectivity index (χ2v) is 8.54. The van der Waals surface area contributed by atoms with Gasteiger partial charge in [0.25, 0.3) is 5.56 Å². The summed E-state index contributed by atoms with van der Waals surface area (Å²) in [5.41, 5.74) is 8.44. The Morgan fingerprint density at radius 2 is 1.94 bits per heavy atom. The van der Waals surface area contributed by atoms with E-state index in [0.717, 1.165) is 30.5 Å². The van der Waals surface area contributed by atoms with Crippen molar-refractivity contribution in [1.29, 1.82) is 0 Å². The standard InChI is InChI=1S/C23H30N6O2/c1-16(2)11-13-28-19-20(25-22(28)27-12-7-10-18(24)15-27)26(3)23(31)29(21(19)30)14-17-8-5-4-6-9-17/h4-6,8-9,11,18H,7,10,12-15,24H2,1-3H3. The van der Waals surface area contributed by atoms with Gasteiger partial charge >= 0.3 is 5.69 Å². The van der Waals surface area contributed by atoms with Gasteiger partial charge in [0.1, 0.15) is 0 Å². The molecule has 8 heteroatoms. The molecule has 0 radical (unpaired) electrons. The van der Waals surface area contributed by atoms with E-state index in [2.05, 4.69) is 11.0 Å². The van der Waals surface area contributed by atoms with E-state index < -0.39 is 0 Å². The predicted molar refractivity (Wildman–Crippen MR) is 124 cm³/mol. The number of aryl methyl sites for hydroxylation is 1. The van der Waals surface area contributed by atoms with Crippen LogP contribution in [0, 0.1) is 0 Å². The fraction of sp³-hybridized carbons (Fsp3) is 0.435. The van der Waals surface area contributed by atoms with Crippen LogP contribution in [0.4, 0.5) is 5.95 Å². The lowest BCUT2D eigenvalue weighted by Gasteiger charge is -2.31. The third kappa shape index (κ3) is 4.07. The molecule has 31 heavy (non-hydrogen) atoms. The normalized spacial score (nSPS) is 16.6. The van der Waals surface area contributed by atoms with Gasteiger partial charge in [-0.15, -0.1) is 0 Å². The van der Waals surface area contributed by atoms with E-state index in [4.69, 9.17) is 10.7 Å². The lowest BCUT2D eigenvalue weighted by molar-refractivity contribution is 0.495. The van der Waals surface area contributed by atoms with Crippen LogP contribution in [0.25, 0.3) is 11.2 Å². The number of imidazole rings is 1. The maximum atomic E-state index is 13.6. The number of nitrogens with two attached hydrogens (primary N) is 1. The molecule has 0 amide bonds. The largest absolute Gasteiger partial charge is 0.341 e. The summed E-state index contributed by atoms with van der Waals surface area (Å²) in [5.74, 6) is 0.701. The van der Waals surface area contributed by atoms with Gasteiger partial charge in [-0.05, 0) is 32.3 Å². The first kappa shape index (κ1) is 21.1. The molecule has 1 fully saturated rings. The van der Waals surface area contributed by atoms with Gasteiger partial charge in [-0.2, -0.15) is 4.98 Å². The number of allylic oxidation sites excluding steroid dienone is 2. The van der Waals surface area contributed by atoms with Crippen molar-refractivity contribution in [2.24, 2.45) is 12.8 Å². The molecular weight excluding hydrogens is 392 g/mol. The van der Waals surface area contributed by atoms with Gasteiger partial charge in [0.15, 0.2) is 11.2 Å². The summed E-state index contributed by atoms with van der Waals surface area (Å²) in [6.45, 7) is 6.30. The molecule has 0 spiro atoms. The molecule has 4 rings (SSSR count). The summed E-state index contributed by atoms with van der Waals surface area (Å²) in [5, 5.41) is 0. The number of anilines is 1. The van der Waals surface area contributed by atoms with Crippen LogP contribution in [0.3, 0.4) is 0 Å². The van der Waals surface area contributed by atoms with E-state index in [0.29, 0.717) is 30.2 Å². The minimum absolute atomic E-state index is 0.0732. The van der Waals surface area contributed by atoms with Crippen molar-refractivity contribution < 1.29 is 0 Å². The Balaban J connectivity index is 1.93. The van der Waals surface area contributed by atoms with Crippen molar-refractivity contribution in [3.05, 3.63) is 68.4 Å². The Hall–Kier alpha value is -3.13.